The van der Waals surface area contributed by atoms with Crippen molar-refractivity contribution in [2.45, 2.75) is 63.5 Å². The van der Waals surface area contributed by atoms with Crippen molar-refractivity contribution in [3.05, 3.63) is 0 Å². The number of carbonyl (C=O) groups is 3. The predicted molar refractivity (Wildman–Crippen MR) is 164 cm³/mol. The van der Waals surface area contributed by atoms with Gasteiger partial charge in [0.15, 0.2) is 0 Å². The highest BCUT2D eigenvalue weighted by atomic mass is 31.2. The van der Waals surface area contributed by atoms with E-state index in [0.717, 1.165) is 41.3 Å². The second kappa shape index (κ2) is 23.0. The third-order valence-corrected chi connectivity index (χ3v) is 6.97. The summed E-state index contributed by atoms with van der Waals surface area (Å²) < 4.78 is 22.3. The van der Waals surface area contributed by atoms with E-state index in [1.54, 1.807) is 0 Å². The number of methoxy groups -OCH3 is 1. The van der Waals surface area contributed by atoms with Gasteiger partial charge in [-0.05, 0) is 25.7 Å². The zero-order valence-corrected chi connectivity index (χ0v) is 28.3. The smallest absolute Gasteiger partial charge is 0.329 e. The van der Waals surface area contributed by atoms with E-state index < -0.39 is 14.6 Å². The first-order valence-electron chi connectivity index (χ1n) is 14.9. The highest BCUT2D eigenvalue weighted by Crippen LogP contribution is 2.31. The van der Waals surface area contributed by atoms with Crippen molar-refractivity contribution in [1.29, 1.82) is 0 Å². The van der Waals surface area contributed by atoms with Crippen LogP contribution in [0.15, 0.2) is 0 Å². The Bertz CT molecular complexity index is 749. The van der Waals surface area contributed by atoms with E-state index in [0.29, 0.717) is 51.8 Å². The lowest BCUT2D eigenvalue weighted by Crippen LogP contribution is -2.47. The van der Waals surface area contributed by atoms with Crippen LogP contribution in [0.1, 0.15) is 51.4 Å². The Morgan fingerprint density at radius 3 is 1.95 bits per heavy atom. The third-order valence-electron chi connectivity index (χ3n) is 6.29. The Hall–Kier alpha value is -1.44. The van der Waals surface area contributed by atoms with Crippen LogP contribution in [0.25, 0.3) is 0 Å². The van der Waals surface area contributed by atoms with Gasteiger partial charge in [0.2, 0.25) is 17.7 Å². The van der Waals surface area contributed by atoms with Gasteiger partial charge in [0, 0.05) is 59.6 Å². The maximum atomic E-state index is 12.9. The summed E-state index contributed by atoms with van der Waals surface area (Å²) in [6.45, 7) is 3.56. The molecule has 0 saturated carbocycles. The van der Waals surface area contributed by atoms with E-state index in [1.165, 1.54) is 14.2 Å². The first kappa shape index (κ1) is 40.6. The molecule has 248 valence electrons. The molecule has 0 aliphatic rings. The Morgan fingerprint density at radius 2 is 1.38 bits per heavy atom. The Labute approximate surface area is 255 Å². The van der Waals surface area contributed by atoms with E-state index in [9.17, 15) is 19.3 Å². The van der Waals surface area contributed by atoms with Gasteiger partial charge in [-0.1, -0.05) is 0 Å². The molecule has 0 saturated heterocycles. The van der Waals surface area contributed by atoms with Crippen LogP contribution < -0.4 is 16.0 Å². The molecule has 0 aromatic carbocycles. The number of hydrogen-bond donors (Lipinski definition) is 4. The number of amides is 3. The average molecular weight is 626 g/mol. The normalized spacial score (nSPS) is 14.2. The van der Waals surface area contributed by atoms with Crippen LogP contribution in [0, 0.1) is 0 Å². The van der Waals surface area contributed by atoms with Gasteiger partial charge in [0.05, 0.1) is 68.6 Å². The molecule has 0 aromatic rings. The van der Waals surface area contributed by atoms with E-state index in [-0.39, 0.29) is 37.0 Å². The monoisotopic (exact) mass is 625 g/mol. The van der Waals surface area contributed by atoms with Crippen molar-refractivity contribution in [1.82, 2.24) is 16.0 Å². The summed E-state index contributed by atoms with van der Waals surface area (Å²) in [6, 6.07) is -0.632. The molecular weight excluding hydrogens is 565 g/mol. The summed E-state index contributed by atoms with van der Waals surface area (Å²) in [5.41, 5.74) is 0. The largest absolute Gasteiger partial charge is 0.379 e. The van der Waals surface area contributed by atoms with Gasteiger partial charge < -0.3 is 48.3 Å². The molecule has 3 amide bonds. The molecule has 3 unspecified atom stereocenters. The fraction of sp³-hybridized carbons (Fsp3) is 0.893. The van der Waals surface area contributed by atoms with E-state index in [4.69, 9.17) is 14.0 Å². The summed E-state index contributed by atoms with van der Waals surface area (Å²) in [6.07, 6.45) is 4.58. The lowest BCUT2D eigenvalue weighted by atomic mass is 10.1. The summed E-state index contributed by atoms with van der Waals surface area (Å²) >= 11 is 0. The lowest BCUT2D eigenvalue weighted by Gasteiger charge is -2.24. The van der Waals surface area contributed by atoms with Crippen LogP contribution in [-0.2, 0) is 32.9 Å². The molecular formula is C28H60N5O8P+2. The third kappa shape index (κ3) is 25.1. The Balaban J connectivity index is 4.55. The van der Waals surface area contributed by atoms with Gasteiger partial charge in [-0.15, -0.1) is 0 Å². The molecule has 0 spiro atoms. The predicted octanol–water partition coefficient (Wildman–Crippen LogP) is 1.15. The van der Waals surface area contributed by atoms with Crippen molar-refractivity contribution >= 4 is 26.3 Å². The number of ether oxygens (including phenoxy) is 2. The van der Waals surface area contributed by atoms with Gasteiger partial charge >= 0.3 is 8.60 Å². The number of nitrogens with zero attached hydrogens (tertiary/aromatic N) is 2. The number of carbonyl (C=O) groups excluding carboxylic acids is 3. The minimum Gasteiger partial charge on any atom is -0.379 e. The standard InChI is InChI=1S/C28H58N5O8P/c1-32(2,3)19-11-15-26(34)29-17-10-9-14-25(31-27(35)16-12-20-33(4,5)6)28(36)30-18-13-21-40-22-24(38-7)23-41-42(37)39-8/h24-25,37H,9-23H2,1-8H3,(H-2,29,30,31,34,35,36)/p+2. The van der Waals surface area contributed by atoms with Gasteiger partial charge in [-0.3, -0.25) is 14.4 Å². The number of hydrogen-bond acceptors (Lipinski definition) is 8. The molecule has 0 aromatic heterocycles. The van der Waals surface area contributed by atoms with Gasteiger partial charge in [0.25, 0.3) is 0 Å². The van der Waals surface area contributed by atoms with Gasteiger partial charge in [-0.25, -0.2) is 0 Å². The summed E-state index contributed by atoms with van der Waals surface area (Å²) in [5.74, 6) is -0.313. The first-order chi connectivity index (χ1) is 19.7. The second-order valence-corrected chi connectivity index (χ2v) is 13.6. The van der Waals surface area contributed by atoms with E-state index in [1.807, 2.05) is 0 Å². The van der Waals surface area contributed by atoms with E-state index >= 15 is 0 Å². The second-order valence-electron chi connectivity index (χ2n) is 12.5. The molecule has 0 aliphatic heterocycles. The average Bonchev–Trinajstić information content (AvgIpc) is 2.89. The van der Waals surface area contributed by atoms with Crippen LogP contribution in [0.2, 0.25) is 0 Å². The van der Waals surface area contributed by atoms with Crippen LogP contribution >= 0.6 is 8.60 Å². The Kier molecular flexibility index (Phi) is 22.2. The minimum absolute atomic E-state index is 0.0447. The van der Waals surface area contributed by atoms with Crippen molar-refractivity contribution in [2.75, 3.05) is 103 Å². The maximum Gasteiger partial charge on any atom is 0.329 e. The number of nitrogens with one attached hydrogen (secondary N) is 3. The number of quaternary nitrogens is 2. The topological polar surface area (TPSA) is 144 Å². The molecule has 0 radical (unpaired) electrons. The van der Waals surface area contributed by atoms with E-state index in [2.05, 4.69) is 62.8 Å². The number of rotatable bonds is 26. The van der Waals surface area contributed by atoms with Gasteiger partial charge in [0.1, 0.15) is 12.1 Å². The molecule has 3 atom stereocenters. The summed E-state index contributed by atoms with van der Waals surface area (Å²) in [4.78, 5) is 47.0. The SMILES string of the molecule is COC(COCCCNC(=O)C(CCCCNC(=O)CCC[N+](C)(C)C)NC(=O)CCC[N+](C)(C)C)COP(O)OC. The summed E-state index contributed by atoms with van der Waals surface area (Å²) in [7, 11) is 13.5. The van der Waals surface area contributed by atoms with Crippen molar-refractivity contribution in [3.8, 4) is 0 Å². The molecule has 4 N–H and O–H groups in total. The van der Waals surface area contributed by atoms with Crippen LogP contribution in [0.3, 0.4) is 0 Å². The van der Waals surface area contributed by atoms with Crippen LogP contribution in [-0.4, -0.2) is 146 Å². The molecule has 13 nitrogen and oxygen atoms in total. The molecule has 42 heavy (non-hydrogen) atoms. The van der Waals surface area contributed by atoms with Gasteiger partial charge in [-0.2, -0.15) is 0 Å². The minimum atomic E-state index is -1.92. The fourth-order valence-electron chi connectivity index (χ4n) is 3.86. The quantitative estimate of drug-likeness (QED) is 0.0637. The molecule has 0 bridgehead atoms. The van der Waals surface area contributed by atoms with Crippen molar-refractivity contribution in [2.24, 2.45) is 0 Å². The fourth-order valence-corrected chi connectivity index (χ4v) is 4.26. The van der Waals surface area contributed by atoms with Crippen LogP contribution in [0.5, 0.6) is 0 Å². The lowest BCUT2D eigenvalue weighted by molar-refractivity contribution is -0.870. The summed E-state index contributed by atoms with van der Waals surface area (Å²) in [5, 5.41) is 8.76. The van der Waals surface area contributed by atoms with Crippen molar-refractivity contribution in [3.63, 3.8) is 0 Å². The first-order valence-corrected chi connectivity index (χ1v) is 16.0. The van der Waals surface area contributed by atoms with Crippen LogP contribution in [0.4, 0.5) is 0 Å². The molecule has 0 rings (SSSR count). The zero-order valence-electron chi connectivity index (χ0n) is 27.4. The van der Waals surface area contributed by atoms with Crippen molar-refractivity contribution < 1.29 is 46.8 Å². The highest BCUT2D eigenvalue weighted by molar-refractivity contribution is 7.40. The maximum absolute atomic E-state index is 12.9. The highest BCUT2D eigenvalue weighted by Gasteiger charge is 2.21. The molecule has 0 fully saturated rings. The number of unbranched alkanes of at least 4 members (excludes halogenated alkanes) is 1. The molecule has 14 heteroatoms. The zero-order chi connectivity index (χ0) is 32.0. The molecule has 0 heterocycles. The Morgan fingerprint density at radius 1 is 0.786 bits per heavy atom. The molecule has 0 aliphatic carbocycles.